The van der Waals surface area contributed by atoms with E-state index >= 15 is 0 Å². The van der Waals surface area contributed by atoms with Gasteiger partial charge in [-0.25, -0.2) is 4.79 Å². The zero-order valence-corrected chi connectivity index (χ0v) is 14.1. The fourth-order valence-electron chi connectivity index (χ4n) is 2.26. The molecule has 118 valence electrons. The first-order valence-electron chi connectivity index (χ1n) is 7.61. The van der Waals surface area contributed by atoms with Gasteiger partial charge in [0.05, 0.1) is 0 Å². The van der Waals surface area contributed by atoms with Crippen LogP contribution in [0, 0.1) is 5.92 Å². The molecule has 1 heterocycles. The van der Waals surface area contributed by atoms with E-state index in [9.17, 15) is 4.79 Å². The van der Waals surface area contributed by atoms with Gasteiger partial charge in [0.2, 0.25) is 0 Å². The molecule has 1 amide bonds. The first-order valence-corrected chi connectivity index (χ1v) is 8.49. The molecule has 0 radical (unpaired) electrons. The predicted octanol–water partition coefficient (Wildman–Crippen LogP) is 3.70. The molecule has 2 N–H and O–H groups in total. The van der Waals surface area contributed by atoms with E-state index in [1.165, 1.54) is 17.7 Å². The van der Waals surface area contributed by atoms with Crippen molar-refractivity contribution in [1.82, 2.24) is 10.6 Å². The molecule has 0 aliphatic heterocycles. The lowest BCUT2D eigenvalue weighted by Gasteiger charge is -2.24. The lowest BCUT2D eigenvalue weighted by molar-refractivity contribution is 0.0522. The zero-order valence-electron chi connectivity index (χ0n) is 13.3. The zero-order chi connectivity index (χ0) is 15.5. The van der Waals surface area contributed by atoms with E-state index in [1.54, 1.807) is 11.3 Å². The number of carbonyl (C=O) groups is 1. The Labute approximate surface area is 131 Å². The minimum Gasteiger partial charge on any atom is -0.444 e. The molecule has 2 unspecified atom stereocenters. The molecule has 0 aromatic carbocycles. The van der Waals surface area contributed by atoms with E-state index in [1.807, 2.05) is 20.8 Å². The van der Waals surface area contributed by atoms with Crippen molar-refractivity contribution in [3.63, 3.8) is 0 Å². The Bertz CT molecular complexity index is 449. The van der Waals surface area contributed by atoms with Crippen molar-refractivity contribution in [3.8, 4) is 0 Å². The van der Waals surface area contributed by atoms with Gasteiger partial charge >= 0.3 is 6.09 Å². The number of hydrogen-bond donors (Lipinski definition) is 2. The number of nitrogens with one attached hydrogen (secondary N) is 2. The Morgan fingerprint density at radius 3 is 2.71 bits per heavy atom. The number of ether oxygens (including phenoxy) is 1. The Morgan fingerprint density at radius 2 is 2.19 bits per heavy atom. The molecule has 21 heavy (non-hydrogen) atoms. The second-order valence-corrected chi connectivity index (χ2v) is 7.76. The average molecular weight is 310 g/mol. The van der Waals surface area contributed by atoms with Crippen molar-refractivity contribution >= 4 is 17.4 Å². The van der Waals surface area contributed by atoms with Gasteiger partial charge in [-0.3, -0.25) is 0 Å². The van der Waals surface area contributed by atoms with Crippen molar-refractivity contribution in [1.29, 1.82) is 0 Å². The van der Waals surface area contributed by atoms with E-state index in [0.717, 1.165) is 5.92 Å². The number of amides is 1. The van der Waals surface area contributed by atoms with E-state index in [4.69, 9.17) is 4.74 Å². The van der Waals surface area contributed by atoms with Crippen LogP contribution in [-0.4, -0.2) is 24.3 Å². The summed E-state index contributed by atoms with van der Waals surface area (Å²) in [5.41, 5.74) is -0.450. The fourth-order valence-corrected chi connectivity index (χ4v) is 3.14. The molecule has 4 nitrogen and oxygen atoms in total. The van der Waals surface area contributed by atoms with Gasteiger partial charge in [0.1, 0.15) is 5.60 Å². The largest absolute Gasteiger partial charge is 0.444 e. The summed E-state index contributed by atoms with van der Waals surface area (Å²) >= 11 is 1.80. The summed E-state index contributed by atoms with van der Waals surface area (Å²) in [6.07, 6.45) is 2.24. The van der Waals surface area contributed by atoms with Gasteiger partial charge in [0.25, 0.3) is 0 Å². The maximum atomic E-state index is 11.7. The minimum absolute atomic E-state index is 0.213. The van der Waals surface area contributed by atoms with Crippen LogP contribution in [0.4, 0.5) is 4.79 Å². The van der Waals surface area contributed by atoms with Gasteiger partial charge in [-0.1, -0.05) is 6.07 Å². The van der Waals surface area contributed by atoms with Crippen molar-refractivity contribution in [3.05, 3.63) is 22.4 Å². The highest BCUT2D eigenvalue weighted by molar-refractivity contribution is 7.10. The van der Waals surface area contributed by atoms with Crippen molar-refractivity contribution in [2.24, 2.45) is 5.92 Å². The monoisotopic (exact) mass is 310 g/mol. The van der Waals surface area contributed by atoms with Crippen molar-refractivity contribution < 1.29 is 9.53 Å². The highest BCUT2D eigenvalue weighted by Crippen LogP contribution is 2.42. The van der Waals surface area contributed by atoms with Gasteiger partial charge in [-0.15, -0.1) is 11.3 Å². The maximum absolute atomic E-state index is 11.7. The highest BCUT2D eigenvalue weighted by atomic mass is 32.1. The van der Waals surface area contributed by atoms with Crippen LogP contribution in [0.1, 0.15) is 51.5 Å². The van der Waals surface area contributed by atoms with Crippen LogP contribution in [-0.2, 0) is 4.74 Å². The number of thiophene rings is 1. The maximum Gasteiger partial charge on any atom is 0.407 e. The Kier molecular flexibility index (Phi) is 5.27. The predicted molar refractivity (Wildman–Crippen MR) is 86.6 cm³/mol. The summed E-state index contributed by atoms with van der Waals surface area (Å²) in [5, 5.41) is 8.59. The third kappa shape index (κ3) is 5.67. The number of carbonyl (C=O) groups excluding carboxylic acids is 1. The summed E-state index contributed by atoms with van der Waals surface area (Å²) in [6, 6.07) is 4.92. The van der Waals surface area contributed by atoms with Crippen LogP contribution < -0.4 is 10.6 Å². The Balaban J connectivity index is 1.78. The molecular formula is C16H26N2O2S. The minimum atomic E-state index is -0.450. The van der Waals surface area contributed by atoms with Gasteiger partial charge in [-0.05, 0) is 57.9 Å². The van der Waals surface area contributed by atoms with Crippen molar-refractivity contribution in [2.45, 2.75) is 58.2 Å². The highest BCUT2D eigenvalue weighted by Gasteiger charge is 2.33. The molecule has 1 fully saturated rings. The second kappa shape index (κ2) is 6.79. The van der Waals surface area contributed by atoms with Crippen LogP contribution in [0.2, 0.25) is 0 Å². The summed E-state index contributed by atoms with van der Waals surface area (Å²) in [4.78, 5) is 13.1. The van der Waals surface area contributed by atoms with E-state index < -0.39 is 5.60 Å². The van der Waals surface area contributed by atoms with Crippen LogP contribution >= 0.6 is 11.3 Å². The lowest BCUT2D eigenvalue weighted by atomic mass is 10.1. The molecule has 5 heteroatoms. The van der Waals surface area contributed by atoms with Gasteiger partial charge in [0.15, 0.2) is 0 Å². The molecule has 0 saturated heterocycles. The topological polar surface area (TPSA) is 50.4 Å². The first-order chi connectivity index (χ1) is 9.85. The number of alkyl carbamates (subject to hydrolysis) is 1. The second-order valence-electron chi connectivity index (χ2n) is 6.78. The van der Waals surface area contributed by atoms with E-state index in [0.29, 0.717) is 12.6 Å². The summed E-state index contributed by atoms with van der Waals surface area (Å²) < 4.78 is 5.25. The Morgan fingerprint density at radius 1 is 1.48 bits per heavy atom. The van der Waals surface area contributed by atoms with Crippen molar-refractivity contribution in [2.75, 3.05) is 6.54 Å². The number of rotatable bonds is 6. The van der Waals surface area contributed by atoms with Gasteiger partial charge in [-0.2, -0.15) is 0 Å². The van der Waals surface area contributed by atoms with Crippen LogP contribution in [0.3, 0.4) is 0 Å². The molecule has 1 saturated carbocycles. The first kappa shape index (κ1) is 16.3. The fraction of sp³-hybridized carbons (Fsp3) is 0.688. The van der Waals surface area contributed by atoms with E-state index in [2.05, 4.69) is 35.1 Å². The molecular weight excluding hydrogens is 284 g/mol. The molecule has 1 aromatic rings. The molecule has 1 aromatic heterocycles. The summed E-state index contributed by atoms with van der Waals surface area (Å²) in [7, 11) is 0. The third-order valence-corrected chi connectivity index (χ3v) is 4.31. The normalized spacial score (nSPS) is 18.1. The molecule has 0 spiro atoms. The average Bonchev–Trinajstić information content (AvgIpc) is 3.06. The van der Waals surface area contributed by atoms with E-state index in [-0.39, 0.29) is 12.1 Å². The molecule has 1 aliphatic carbocycles. The lowest BCUT2D eigenvalue weighted by Crippen LogP contribution is -2.42. The standard InChI is InChI=1S/C16H26N2O2S/c1-11(10-17-15(19)20-16(2,3)4)18-14(12-7-8-12)13-6-5-9-21-13/h5-6,9,11-12,14,18H,7-8,10H2,1-4H3,(H,17,19). The summed E-state index contributed by atoms with van der Waals surface area (Å²) in [5.74, 6) is 0.743. The third-order valence-electron chi connectivity index (χ3n) is 3.36. The van der Waals surface area contributed by atoms with Crippen LogP contribution in [0.5, 0.6) is 0 Å². The molecule has 0 bridgehead atoms. The van der Waals surface area contributed by atoms with Gasteiger partial charge in [0, 0.05) is 23.5 Å². The quantitative estimate of drug-likeness (QED) is 0.842. The SMILES string of the molecule is CC(CNC(=O)OC(C)(C)C)NC(c1cccs1)C1CC1. The molecule has 1 aliphatic rings. The molecule has 2 atom stereocenters. The molecule has 2 rings (SSSR count). The Hall–Kier alpha value is -1.07. The van der Waals surface area contributed by atoms with Crippen LogP contribution in [0.25, 0.3) is 0 Å². The number of hydrogen-bond acceptors (Lipinski definition) is 4. The summed E-state index contributed by atoms with van der Waals surface area (Å²) in [6.45, 7) is 8.28. The van der Waals surface area contributed by atoms with Crippen LogP contribution in [0.15, 0.2) is 17.5 Å². The van der Waals surface area contributed by atoms with Gasteiger partial charge < -0.3 is 15.4 Å². The smallest absolute Gasteiger partial charge is 0.407 e.